The Bertz CT molecular complexity index is 182. The third-order valence-corrected chi connectivity index (χ3v) is 3.14. The summed E-state index contributed by atoms with van der Waals surface area (Å²) in [4.78, 5) is 2.45. The normalized spacial score (nSPS) is 13.1. The Balaban J connectivity index is 3.81. The van der Waals surface area contributed by atoms with Gasteiger partial charge in [0.15, 0.2) is 0 Å². The van der Waals surface area contributed by atoms with Crippen molar-refractivity contribution in [2.24, 2.45) is 0 Å². The van der Waals surface area contributed by atoms with Crippen molar-refractivity contribution in [3.63, 3.8) is 0 Å². The fourth-order valence-corrected chi connectivity index (χ4v) is 1.95. The van der Waals surface area contributed by atoms with Crippen molar-refractivity contribution in [3.8, 4) is 0 Å². The summed E-state index contributed by atoms with van der Waals surface area (Å²) in [6, 6.07) is 0.509. The Morgan fingerprint density at radius 1 is 0.895 bits per heavy atom. The van der Waals surface area contributed by atoms with Crippen LogP contribution >= 0.6 is 0 Å². The largest absolute Gasteiger partial charge is 0.385 e. The average Bonchev–Trinajstić information content (AvgIpc) is 2.42. The van der Waals surface area contributed by atoms with Gasteiger partial charge in [-0.1, -0.05) is 0 Å². The summed E-state index contributed by atoms with van der Waals surface area (Å²) in [5, 5.41) is 3.47. The zero-order chi connectivity index (χ0) is 14.3. The van der Waals surface area contributed by atoms with Crippen LogP contribution in [-0.2, 0) is 14.2 Å². The molecule has 1 atom stereocenters. The topological polar surface area (TPSA) is 43.0 Å². The fourth-order valence-electron chi connectivity index (χ4n) is 1.95. The van der Waals surface area contributed by atoms with E-state index in [4.69, 9.17) is 14.2 Å². The Morgan fingerprint density at radius 3 is 2.16 bits per heavy atom. The monoisotopic (exact) mass is 276 g/mol. The first kappa shape index (κ1) is 18.8. The molecule has 5 heteroatoms. The van der Waals surface area contributed by atoms with E-state index in [2.05, 4.69) is 17.1 Å². The van der Waals surface area contributed by atoms with Crippen LogP contribution in [0.1, 0.15) is 19.8 Å². The summed E-state index contributed by atoms with van der Waals surface area (Å²) in [5.74, 6) is 0. The van der Waals surface area contributed by atoms with E-state index in [1.165, 1.54) is 0 Å². The molecule has 0 heterocycles. The van der Waals surface area contributed by atoms with E-state index in [1.54, 1.807) is 21.3 Å². The van der Waals surface area contributed by atoms with E-state index >= 15 is 0 Å². The molecule has 0 aromatic rings. The van der Waals surface area contributed by atoms with E-state index in [0.717, 1.165) is 58.8 Å². The van der Waals surface area contributed by atoms with Gasteiger partial charge in [-0.2, -0.15) is 0 Å². The molecule has 0 aliphatic carbocycles. The van der Waals surface area contributed by atoms with Crippen molar-refractivity contribution < 1.29 is 14.2 Å². The smallest absolute Gasteiger partial charge is 0.0589 e. The molecule has 0 aromatic heterocycles. The van der Waals surface area contributed by atoms with Gasteiger partial charge in [0.05, 0.1) is 6.61 Å². The van der Waals surface area contributed by atoms with Crippen LogP contribution in [-0.4, -0.2) is 78.3 Å². The van der Waals surface area contributed by atoms with Crippen molar-refractivity contribution in [1.29, 1.82) is 0 Å². The molecule has 0 aliphatic rings. The minimum absolute atomic E-state index is 0.509. The minimum Gasteiger partial charge on any atom is -0.385 e. The zero-order valence-corrected chi connectivity index (χ0v) is 13.1. The molecule has 0 saturated carbocycles. The third-order valence-electron chi connectivity index (χ3n) is 3.14. The van der Waals surface area contributed by atoms with Gasteiger partial charge in [-0.3, -0.25) is 4.90 Å². The third kappa shape index (κ3) is 11.3. The predicted octanol–water partition coefficient (Wildman–Crippen LogP) is 0.986. The number of nitrogens with one attached hydrogen (secondary N) is 1. The minimum atomic E-state index is 0.509. The van der Waals surface area contributed by atoms with Crippen LogP contribution in [0.2, 0.25) is 0 Å². The molecule has 116 valence electrons. The molecule has 0 rings (SSSR count). The van der Waals surface area contributed by atoms with Crippen molar-refractivity contribution in [1.82, 2.24) is 10.2 Å². The maximum absolute atomic E-state index is 5.18. The Morgan fingerprint density at radius 2 is 1.53 bits per heavy atom. The first-order valence-corrected chi connectivity index (χ1v) is 7.17. The Kier molecular flexibility index (Phi) is 14.1. The lowest BCUT2D eigenvalue weighted by molar-refractivity contribution is 0.110. The van der Waals surface area contributed by atoms with Crippen LogP contribution in [0, 0.1) is 0 Å². The van der Waals surface area contributed by atoms with Gasteiger partial charge in [0, 0.05) is 60.2 Å². The van der Waals surface area contributed by atoms with Crippen LogP contribution in [0.4, 0.5) is 0 Å². The summed E-state index contributed by atoms with van der Waals surface area (Å²) in [5.41, 5.74) is 0. The highest BCUT2D eigenvalue weighted by Crippen LogP contribution is 2.00. The lowest BCUT2D eigenvalue weighted by Gasteiger charge is -2.29. The van der Waals surface area contributed by atoms with Gasteiger partial charge in [0.1, 0.15) is 0 Å². The number of rotatable bonds is 14. The number of hydrogen-bond donors (Lipinski definition) is 1. The molecule has 0 fully saturated rings. The highest BCUT2D eigenvalue weighted by Gasteiger charge is 2.12. The standard InChI is InChI=1S/C14H32N2O3/c1-14(13-15-7-5-10-17-2)16(9-12-19-4)8-6-11-18-3/h14-15H,5-13H2,1-4H3. The lowest BCUT2D eigenvalue weighted by Crippen LogP contribution is -2.43. The molecule has 0 bridgehead atoms. The van der Waals surface area contributed by atoms with E-state index < -0.39 is 0 Å². The van der Waals surface area contributed by atoms with Gasteiger partial charge >= 0.3 is 0 Å². The van der Waals surface area contributed by atoms with Crippen LogP contribution in [0.5, 0.6) is 0 Å². The van der Waals surface area contributed by atoms with E-state index in [0.29, 0.717) is 6.04 Å². The first-order chi connectivity index (χ1) is 9.26. The summed E-state index contributed by atoms with van der Waals surface area (Å²) in [7, 11) is 5.24. The molecule has 0 amide bonds. The number of methoxy groups -OCH3 is 3. The molecule has 0 aliphatic heterocycles. The van der Waals surface area contributed by atoms with Crippen molar-refractivity contribution in [3.05, 3.63) is 0 Å². The molecule has 0 saturated heterocycles. The zero-order valence-electron chi connectivity index (χ0n) is 13.1. The molecule has 0 aromatic carbocycles. The molecule has 0 radical (unpaired) electrons. The van der Waals surface area contributed by atoms with Gasteiger partial charge in [-0.05, 0) is 26.3 Å². The van der Waals surface area contributed by atoms with Crippen LogP contribution in [0.25, 0.3) is 0 Å². The van der Waals surface area contributed by atoms with E-state index in [-0.39, 0.29) is 0 Å². The molecule has 5 nitrogen and oxygen atoms in total. The van der Waals surface area contributed by atoms with Crippen molar-refractivity contribution in [2.75, 3.05) is 67.3 Å². The first-order valence-electron chi connectivity index (χ1n) is 7.17. The maximum Gasteiger partial charge on any atom is 0.0589 e. The Labute approximate surface area is 118 Å². The van der Waals surface area contributed by atoms with Gasteiger partial charge in [0.25, 0.3) is 0 Å². The SMILES string of the molecule is COCCCNCC(C)N(CCCOC)CCOC. The number of hydrogen-bond acceptors (Lipinski definition) is 5. The van der Waals surface area contributed by atoms with Crippen LogP contribution in [0.15, 0.2) is 0 Å². The number of ether oxygens (including phenoxy) is 3. The van der Waals surface area contributed by atoms with Gasteiger partial charge in [-0.25, -0.2) is 0 Å². The lowest BCUT2D eigenvalue weighted by atomic mass is 10.2. The summed E-state index contributed by atoms with van der Waals surface area (Å²) in [6.07, 6.45) is 2.12. The van der Waals surface area contributed by atoms with Crippen LogP contribution < -0.4 is 5.32 Å². The average molecular weight is 276 g/mol. The van der Waals surface area contributed by atoms with Gasteiger partial charge in [0.2, 0.25) is 0 Å². The van der Waals surface area contributed by atoms with E-state index in [9.17, 15) is 0 Å². The quantitative estimate of drug-likeness (QED) is 0.479. The second kappa shape index (κ2) is 14.2. The molecule has 19 heavy (non-hydrogen) atoms. The molecule has 1 N–H and O–H groups in total. The number of nitrogens with zero attached hydrogens (tertiary/aromatic N) is 1. The fraction of sp³-hybridized carbons (Fsp3) is 1.00. The maximum atomic E-state index is 5.18. The summed E-state index contributed by atoms with van der Waals surface area (Å²) in [6.45, 7) is 8.71. The van der Waals surface area contributed by atoms with Crippen molar-refractivity contribution in [2.45, 2.75) is 25.8 Å². The molecular formula is C14H32N2O3. The molecular weight excluding hydrogens is 244 g/mol. The van der Waals surface area contributed by atoms with Gasteiger partial charge in [-0.15, -0.1) is 0 Å². The second-order valence-corrected chi connectivity index (χ2v) is 4.77. The van der Waals surface area contributed by atoms with E-state index in [1.807, 2.05) is 0 Å². The van der Waals surface area contributed by atoms with Crippen molar-refractivity contribution >= 4 is 0 Å². The highest BCUT2D eigenvalue weighted by atomic mass is 16.5. The Hall–Kier alpha value is -0.200. The molecule has 0 spiro atoms. The van der Waals surface area contributed by atoms with Crippen LogP contribution in [0.3, 0.4) is 0 Å². The second-order valence-electron chi connectivity index (χ2n) is 4.77. The summed E-state index contributed by atoms with van der Waals surface area (Å²) >= 11 is 0. The predicted molar refractivity (Wildman–Crippen MR) is 78.8 cm³/mol. The highest BCUT2D eigenvalue weighted by molar-refractivity contribution is 4.70. The molecule has 1 unspecified atom stereocenters. The summed E-state index contributed by atoms with van der Waals surface area (Å²) < 4.78 is 15.3. The van der Waals surface area contributed by atoms with Gasteiger partial charge < -0.3 is 19.5 Å².